The fraction of sp³-hybridized carbons (Fsp3) is 0.529. The van der Waals surface area contributed by atoms with Crippen molar-refractivity contribution in [3.05, 3.63) is 29.3 Å². The number of methoxy groups -OCH3 is 1. The molecule has 1 saturated carbocycles. The molecule has 1 aliphatic carbocycles. The number of rotatable bonds is 4. The SMILES string of the molecule is CCC1(NC(=S)Nc2cc(C(=O)OC)ccc2C)CCCC1. The van der Waals surface area contributed by atoms with Gasteiger partial charge < -0.3 is 15.4 Å². The second-order valence-electron chi connectivity index (χ2n) is 5.94. The van der Waals surface area contributed by atoms with Gasteiger partial charge >= 0.3 is 5.97 Å². The Balaban J connectivity index is 2.09. The summed E-state index contributed by atoms with van der Waals surface area (Å²) in [6.45, 7) is 4.18. The summed E-state index contributed by atoms with van der Waals surface area (Å²) < 4.78 is 4.76. The van der Waals surface area contributed by atoms with Crippen molar-refractivity contribution in [2.75, 3.05) is 12.4 Å². The second-order valence-corrected chi connectivity index (χ2v) is 6.35. The molecule has 0 radical (unpaired) electrons. The highest BCUT2D eigenvalue weighted by atomic mass is 32.1. The maximum atomic E-state index is 11.6. The molecule has 1 fully saturated rings. The zero-order valence-electron chi connectivity index (χ0n) is 13.5. The Labute approximate surface area is 137 Å². The van der Waals surface area contributed by atoms with E-state index in [9.17, 15) is 4.79 Å². The quantitative estimate of drug-likeness (QED) is 0.653. The van der Waals surface area contributed by atoms with Gasteiger partial charge in [0, 0.05) is 11.2 Å². The predicted molar refractivity (Wildman–Crippen MR) is 93.4 cm³/mol. The van der Waals surface area contributed by atoms with E-state index in [0.717, 1.165) is 30.5 Å². The minimum Gasteiger partial charge on any atom is -0.465 e. The van der Waals surface area contributed by atoms with Gasteiger partial charge in [-0.1, -0.05) is 25.8 Å². The summed E-state index contributed by atoms with van der Waals surface area (Å²) in [7, 11) is 1.38. The molecule has 22 heavy (non-hydrogen) atoms. The second kappa shape index (κ2) is 7.09. The van der Waals surface area contributed by atoms with Gasteiger partial charge in [0.2, 0.25) is 0 Å². The predicted octanol–water partition coefficient (Wildman–Crippen LogP) is 3.79. The minimum atomic E-state index is -0.345. The highest BCUT2D eigenvalue weighted by Gasteiger charge is 2.32. The molecule has 4 nitrogen and oxygen atoms in total. The molecule has 0 aromatic heterocycles. The number of carbonyl (C=O) groups excluding carboxylic acids is 1. The van der Waals surface area contributed by atoms with Crippen LogP contribution in [-0.4, -0.2) is 23.7 Å². The van der Waals surface area contributed by atoms with Gasteiger partial charge in [-0.05, 0) is 56.1 Å². The van der Waals surface area contributed by atoms with E-state index in [2.05, 4.69) is 17.6 Å². The van der Waals surface area contributed by atoms with Gasteiger partial charge in [0.1, 0.15) is 0 Å². The number of hydrogen-bond acceptors (Lipinski definition) is 3. The lowest BCUT2D eigenvalue weighted by atomic mass is 9.94. The van der Waals surface area contributed by atoms with E-state index in [0.29, 0.717) is 10.7 Å². The minimum absolute atomic E-state index is 0.123. The third-order valence-electron chi connectivity index (χ3n) is 4.52. The smallest absolute Gasteiger partial charge is 0.337 e. The fourth-order valence-corrected chi connectivity index (χ4v) is 3.34. The van der Waals surface area contributed by atoms with Gasteiger partial charge in [0.05, 0.1) is 12.7 Å². The Bertz CT molecular complexity index is 566. The Kier molecular flexibility index (Phi) is 5.40. The lowest BCUT2D eigenvalue weighted by Gasteiger charge is -2.30. The Morgan fingerprint density at radius 2 is 2.05 bits per heavy atom. The van der Waals surface area contributed by atoms with Gasteiger partial charge in [-0.15, -0.1) is 0 Å². The summed E-state index contributed by atoms with van der Waals surface area (Å²) >= 11 is 5.47. The van der Waals surface area contributed by atoms with Crippen molar-refractivity contribution in [3.8, 4) is 0 Å². The lowest BCUT2D eigenvalue weighted by molar-refractivity contribution is 0.0601. The number of aryl methyl sites for hydroxylation is 1. The van der Waals surface area contributed by atoms with Crippen LogP contribution < -0.4 is 10.6 Å². The normalized spacial score (nSPS) is 16.1. The van der Waals surface area contributed by atoms with Crippen molar-refractivity contribution in [2.45, 2.75) is 51.5 Å². The number of hydrogen-bond donors (Lipinski definition) is 2. The van der Waals surface area contributed by atoms with Gasteiger partial charge in [0.25, 0.3) is 0 Å². The Morgan fingerprint density at radius 1 is 1.36 bits per heavy atom. The van der Waals surface area contributed by atoms with Crippen LogP contribution in [0.15, 0.2) is 18.2 Å². The maximum absolute atomic E-state index is 11.6. The van der Waals surface area contributed by atoms with Gasteiger partial charge in [0.15, 0.2) is 5.11 Å². The van der Waals surface area contributed by atoms with Crippen molar-refractivity contribution >= 4 is 29.0 Å². The van der Waals surface area contributed by atoms with Crippen LogP contribution in [0.25, 0.3) is 0 Å². The summed E-state index contributed by atoms with van der Waals surface area (Å²) in [6, 6.07) is 5.43. The van der Waals surface area contributed by atoms with Crippen LogP contribution in [-0.2, 0) is 4.74 Å². The van der Waals surface area contributed by atoms with Crippen LogP contribution in [0.1, 0.15) is 54.9 Å². The van der Waals surface area contributed by atoms with E-state index in [-0.39, 0.29) is 11.5 Å². The van der Waals surface area contributed by atoms with E-state index in [1.807, 2.05) is 13.0 Å². The van der Waals surface area contributed by atoms with Crippen LogP contribution in [0.5, 0.6) is 0 Å². The molecule has 0 atom stereocenters. The number of carbonyl (C=O) groups is 1. The van der Waals surface area contributed by atoms with Crippen LogP contribution in [0.4, 0.5) is 5.69 Å². The first-order valence-corrected chi connectivity index (χ1v) is 8.18. The van der Waals surface area contributed by atoms with Crippen LogP contribution in [0.3, 0.4) is 0 Å². The third kappa shape index (κ3) is 3.77. The highest BCUT2D eigenvalue weighted by Crippen LogP contribution is 2.32. The van der Waals surface area contributed by atoms with Crippen LogP contribution in [0.2, 0.25) is 0 Å². The molecule has 0 amide bonds. The number of anilines is 1. The van der Waals surface area contributed by atoms with Crippen molar-refractivity contribution < 1.29 is 9.53 Å². The van der Waals surface area contributed by atoms with Gasteiger partial charge in [-0.25, -0.2) is 4.79 Å². The average molecular weight is 320 g/mol. The van der Waals surface area contributed by atoms with E-state index in [4.69, 9.17) is 17.0 Å². The van der Waals surface area contributed by atoms with Crippen LogP contribution in [0, 0.1) is 6.92 Å². The first-order valence-electron chi connectivity index (χ1n) is 7.78. The van der Waals surface area contributed by atoms with Crippen molar-refractivity contribution in [2.24, 2.45) is 0 Å². The molecule has 120 valence electrons. The molecule has 1 aromatic carbocycles. The summed E-state index contributed by atoms with van der Waals surface area (Å²) in [5.74, 6) is -0.345. The molecular weight excluding hydrogens is 296 g/mol. The van der Waals surface area contributed by atoms with Crippen LogP contribution >= 0.6 is 12.2 Å². The summed E-state index contributed by atoms with van der Waals surface area (Å²) in [6.07, 6.45) is 5.88. The van der Waals surface area contributed by atoms with E-state index < -0.39 is 0 Å². The molecule has 0 saturated heterocycles. The molecule has 5 heteroatoms. The first-order chi connectivity index (χ1) is 10.5. The molecule has 2 N–H and O–H groups in total. The zero-order chi connectivity index (χ0) is 16.2. The summed E-state index contributed by atoms with van der Waals surface area (Å²) in [4.78, 5) is 11.6. The monoisotopic (exact) mass is 320 g/mol. The lowest BCUT2D eigenvalue weighted by Crippen LogP contribution is -2.47. The fourth-order valence-electron chi connectivity index (χ4n) is 3.01. The topological polar surface area (TPSA) is 50.4 Å². The number of esters is 1. The molecule has 1 aromatic rings. The molecule has 2 rings (SSSR count). The Morgan fingerprint density at radius 3 is 2.64 bits per heavy atom. The van der Waals surface area contributed by atoms with Gasteiger partial charge in [-0.3, -0.25) is 0 Å². The molecule has 0 aliphatic heterocycles. The van der Waals surface area contributed by atoms with E-state index in [1.54, 1.807) is 12.1 Å². The van der Waals surface area contributed by atoms with Gasteiger partial charge in [-0.2, -0.15) is 0 Å². The zero-order valence-corrected chi connectivity index (χ0v) is 14.3. The summed E-state index contributed by atoms with van der Waals surface area (Å²) in [5, 5.41) is 7.33. The molecule has 0 heterocycles. The molecule has 0 spiro atoms. The molecule has 0 bridgehead atoms. The van der Waals surface area contributed by atoms with Crippen molar-refractivity contribution in [1.82, 2.24) is 5.32 Å². The number of benzene rings is 1. The standard InChI is InChI=1S/C17H24N2O2S/c1-4-17(9-5-6-10-17)19-16(22)18-14-11-13(15(20)21-3)8-7-12(14)2/h7-8,11H,4-6,9-10H2,1-3H3,(H2,18,19,22). The van der Waals surface area contributed by atoms with E-state index >= 15 is 0 Å². The first kappa shape index (κ1) is 16.7. The number of thiocarbonyl (C=S) groups is 1. The number of ether oxygens (including phenoxy) is 1. The maximum Gasteiger partial charge on any atom is 0.337 e. The largest absolute Gasteiger partial charge is 0.465 e. The number of nitrogens with one attached hydrogen (secondary N) is 2. The molecule has 1 aliphatic rings. The average Bonchev–Trinajstić information content (AvgIpc) is 2.97. The third-order valence-corrected chi connectivity index (χ3v) is 4.73. The van der Waals surface area contributed by atoms with Crippen molar-refractivity contribution in [1.29, 1.82) is 0 Å². The van der Waals surface area contributed by atoms with E-state index in [1.165, 1.54) is 20.0 Å². The Hall–Kier alpha value is -1.62. The summed E-state index contributed by atoms with van der Waals surface area (Å²) in [5.41, 5.74) is 2.51. The molecular formula is C17H24N2O2S. The molecule has 0 unspecified atom stereocenters. The van der Waals surface area contributed by atoms with Crippen molar-refractivity contribution in [3.63, 3.8) is 0 Å². The highest BCUT2D eigenvalue weighted by molar-refractivity contribution is 7.80.